The number of para-hydroxylation sites is 1. The van der Waals surface area contributed by atoms with Crippen LogP contribution < -0.4 is 0 Å². The summed E-state index contributed by atoms with van der Waals surface area (Å²) in [5.74, 6) is 0. The van der Waals surface area contributed by atoms with Crippen LogP contribution in [0.25, 0.3) is 10.2 Å². The zero-order valence-corrected chi connectivity index (χ0v) is 10.5. The van der Waals surface area contributed by atoms with Crippen molar-refractivity contribution < 1.29 is 0 Å². The predicted molar refractivity (Wildman–Crippen MR) is 73.6 cm³/mol. The molecule has 2 heteroatoms. The topological polar surface area (TPSA) is 12.9 Å². The van der Waals surface area contributed by atoms with Crippen LogP contribution in [0.2, 0.25) is 0 Å². The molecule has 0 atom stereocenters. The van der Waals surface area contributed by atoms with E-state index in [1.54, 1.807) is 11.3 Å². The summed E-state index contributed by atoms with van der Waals surface area (Å²) in [5.41, 5.74) is 3.82. The lowest BCUT2D eigenvalue weighted by atomic mass is 10.0. The molecule has 0 amide bonds. The third kappa shape index (κ3) is 2.08. The third-order valence-electron chi connectivity index (χ3n) is 2.85. The quantitative estimate of drug-likeness (QED) is 0.653. The average molecular weight is 239 g/mol. The van der Waals surface area contributed by atoms with Gasteiger partial charge in [0.25, 0.3) is 0 Å². The van der Waals surface area contributed by atoms with Gasteiger partial charge in [-0.1, -0.05) is 42.5 Å². The molecule has 0 aliphatic rings. The lowest BCUT2D eigenvalue weighted by molar-refractivity contribution is 1.19. The number of thiazole rings is 1. The highest BCUT2D eigenvalue weighted by Crippen LogP contribution is 2.25. The second-order valence-electron chi connectivity index (χ2n) is 4.16. The molecule has 84 valence electrons. The number of aryl methyl sites for hydroxylation is 1. The number of benzene rings is 2. The van der Waals surface area contributed by atoms with E-state index in [2.05, 4.69) is 60.4 Å². The molecule has 0 aliphatic heterocycles. The Balaban J connectivity index is 2.06. The van der Waals surface area contributed by atoms with E-state index < -0.39 is 0 Å². The van der Waals surface area contributed by atoms with E-state index in [1.807, 2.05) is 0 Å². The second kappa shape index (κ2) is 4.30. The number of rotatable bonds is 2. The van der Waals surface area contributed by atoms with Gasteiger partial charge < -0.3 is 0 Å². The fourth-order valence-electron chi connectivity index (χ4n) is 2.07. The molecule has 0 fully saturated rings. The van der Waals surface area contributed by atoms with E-state index in [4.69, 9.17) is 0 Å². The van der Waals surface area contributed by atoms with Crippen LogP contribution in [0, 0.1) is 6.92 Å². The first-order chi connectivity index (χ1) is 8.33. The Labute approximate surface area is 105 Å². The molecule has 3 rings (SSSR count). The van der Waals surface area contributed by atoms with Gasteiger partial charge in [-0.3, -0.25) is 0 Å². The highest BCUT2D eigenvalue weighted by molar-refractivity contribution is 7.18. The molecule has 2 aromatic carbocycles. The Kier molecular flexibility index (Phi) is 2.65. The average Bonchev–Trinajstić information content (AvgIpc) is 2.72. The molecule has 0 bridgehead atoms. The van der Waals surface area contributed by atoms with Crippen LogP contribution in [-0.4, -0.2) is 4.98 Å². The van der Waals surface area contributed by atoms with Crippen LogP contribution in [-0.2, 0) is 6.42 Å². The van der Waals surface area contributed by atoms with Crippen LogP contribution in [0.1, 0.15) is 16.1 Å². The molecule has 1 aromatic heterocycles. The van der Waals surface area contributed by atoms with E-state index in [-0.39, 0.29) is 0 Å². The summed E-state index contributed by atoms with van der Waals surface area (Å²) >= 11 is 1.77. The Hall–Kier alpha value is -1.67. The van der Waals surface area contributed by atoms with Gasteiger partial charge in [0.1, 0.15) is 0 Å². The molecule has 0 N–H and O–H groups in total. The van der Waals surface area contributed by atoms with Gasteiger partial charge in [0.2, 0.25) is 0 Å². The van der Waals surface area contributed by atoms with Gasteiger partial charge in [-0.25, -0.2) is 4.98 Å². The van der Waals surface area contributed by atoms with Crippen molar-refractivity contribution in [3.63, 3.8) is 0 Å². The van der Waals surface area contributed by atoms with E-state index in [0.29, 0.717) is 0 Å². The normalized spacial score (nSPS) is 10.9. The molecule has 1 heterocycles. The van der Waals surface area contributed by atoms with Crippen molar-refractivity contribution in [1.82, 2.24) is 4.98 Å². The number of hydrogen-bond donors (Lipinski definition) is 0. The molecule has 1 nitrogen and oxygen atoms in total. The van der Waals surface area contributed by atoms with E-state index in [9.17, 15) is 0 Å². The van der Waals surface area contributed by atoms with Crippen LogP contribution in [0.4, 0.5) is 0 Å². The zero-order chi connectivity index (χ0) is 11.7. The van der Waals surface area contributed by atoms with Crippen molar-refractivity contribution in [1.29, 1.82) is 0 Å². The Morgan fingerprint density at radius 3 is 2.65 bits per heavy atom. The van der Waals surface area contributed by atoms with Gasteiger partial charge >= 0.3 is 0 Å². The van der Waals surface area contributed by atoms with Gasteiger partial charge in [-0.05, 0) is 30.5 Å². The summed E-state index contributed by atoms with van der Waals surface area (Å²) in [5, 5.41) is 1.14. The molecule has 17 heavy (non-hydrogen) atoms. The SMILES string of the molecule is Cc1nc2c(Cc3ccccc3)cccc2s1. The fraction of sp³-hybridized carbons (Fsp3) is 0.133. The minimum atomic E-state index is 0.960. The summed E-state index contributed by atoms with van der Waals surface area (Å²) in [7, 11) is 0. The number of hydrogen-bond acceptors (Lipinski definition) is 2. The van der Waals surface area contributed by atoms with Crippen molar-refractivity contribution in [2.75, 3.05) is 0 Å². The van der Waals surface area contributed by atoms with Gasteiger partial charge in [-0.2, -0.15) is 0 Å². The Morgan fingerprint density at radius 2 is 1.82 bits per heavy atom. The van der Waals surface area contributed by atoms with Crippen molar-refractivity contribution in [2.24, 2.45) is 0 Å². The molecular weight excluding hydrogens is 226 g/mol. The second-order valence-corrected chi connectivity index (χ2v) is 5.39. The maximum atomic E-state index is 4.63. The Bertz CT molecular complexity index is 640. The molecule has 0 spiro atoms. The first-order valence-electron chi connectivity index (χ1n) is 5.72. The molecule has 3 aromatic rings. The molecule has 0 aliphatic carbocycles. The summed E-state index contributed by atoms with van der Waals surface area (Å²) in [6, 6.07) is 17.0. The first-order valence-corrected chi connectivity index (χ1v) is 6.53. The maximum absolute atomic E-state index is 4.63. The summed E-state index contributed by atoms with van der Waals surface area (Å²) < 4.78 is 1.29. The van der Waals surface area contributed by atoms with E-state index >= 15 is 0 Å². The Morgan fingerprint density at radius 1 is 1.00 bits per heavy atom. The van der Waals surface area contributed by atoms with Crippen molar-refractivity contribution >= 4 is 21.6 Å². The minimum Gasteiger partial charge on any atom is -0.241 e. The monoisotopic (exact) mass is 239 g/mol. The van der Waals surface area contributed by atoms with Crippen LogP contribution in [0.5, 0.6) is 0 Å². The summed E-state index contributed by atoms with van der Waals surface area (Å²) in [6.45, 7) is 2.07. The smallest absolute Gasteiger partial charge is 0.0907 e. The van der Waals surface area contributed by atoms with Crippen molar-refractivity contribution in [3.05, 3.63) is 64.7 Å². The minimum absolute atomic E-state index is 0.960. The lowest BCUT2D eigenvalue weighted by Crippen LogP contribution is -1.89. The van der Waals surface area contributed by atoms with E-state index in [1.165, 1.54) is 21.3 Å². The predicted octanol–water partition coefficient (Wildman–Crippen LogP) is 4.20. The number of aromatic nitrogens is 1. The fourth-order valence-corrected chi connectivity index (χ4v) is 2.95. The summed E-state index contributed by atoms with van der Waals surface area (Å²) in [4.78, 5) is 4.63. The lowest BCUT2D eigenvalue weighted by Gasteiger charge is -2.02. The van der Waals surface area contributed by atoms with Crippen molar-refractivity contribution in [3.8, 4) is 0 Å². The number of fused-ring (bicyclic) bond motifs is 1. The van der Waals surface area contributed by atoms with Crippen LogP contribution >= 0.6 is 11.3 Å². The van der Waals surface area contributed by atoms with E-state index in [0.717, 1.165) is 11.4 Å². The van der Waals surface area contributed by atoms with Crippen LogP contribution in [0.15, 0.2) is 48.5 Å². The van der Waals surface area contributed by atoms with Crippen LogP contribution in [0.3, 0.4) is 0 Å². The van der Waals surface area contributed by atoms with Gasteiger partial charge in [0.05, 0.1) is 15.2 Å². The van der Waals surface area contributed by atoms with Gasteiger partial charge in [0.15, 0.2) is 0 Å². The standard InChI is InChI=1S/C15H13NS/c1-11-16-15-13(8-5-9-14(15)17-11)10-12-6-3-2-4-7-12/h2-9H,10H2,1H3. The summed E-state index contributed by atoms with van der Waals surface area (Å²) in [6.07, 6.45) is 0.960. The van der Waals surface area contributed by atoms with Crippen molar-refractivity contribution in [2.45, 2.75) is 13.3 Å². The zero-order valence-electron chi connectivity index (χ0n) is 9.68. The molecule has 0 saturated carbocycles. The molecule has 0 radical (unpaired) electrons. The highest BCUT2D eigenvalue weighted by Gasteiger charge is 2.06. The maximum Gasteiger partial charge on any atom is 0.0907 e. The first kappa shape index (κ1) is 10.5. The van der Waals surface area contributed by atoms with Gasteiger partial charge in [-0.15, -0.1) is 11.3 Å². The third-order valence-corrected chi connectivity index (χ3v) is 3.78. The molecule has 0 unspecified atom stereocenters. The molecule has 0 saturated heterocycles. The number of nitrogens with zero attached hydrogens (tertiary/aromatic N) is 1. The van der Waals surface area contributed by atoms with Gasteiger partial charge in [0, 0.05) is 0 Å². The largest absolute Gasteiger partial charge is 0.241 e. The molecular formula is C15H13NS. The highest BCUT2D eigenvalue weighted by atomic mass is 32.1.